The first-order chi connectivity index (χ1) is 24.1. The van der Waals surface area contributed by atoms with Crippen molar-refractivity contribution in [2.45, 2.75) is 73.1 Å². The number of carbonyl (C=O) groups excluding carboxylic acids is 2. The highest BCUT2D eigenvalue weighted by molar-refractivity contribution is 6.33. The number of aryl methyl sites for hydroxylation is 1. The molecule has 12 nitrogen and oxygen atoms in total. The summed E-state index contributed by atoms with van der Waals surface area (Å²) in [6, 6.07) is 11.6. The molecule has 0 aliphatic heterocycles. The second kappa shape index (κ2) is 22.9. The summed E-state index contributed by atoms with van der Waals surface area (Å²) in [5, 5.41) is 21.2. The molecule has 2 aromatic carbocycles. The number of nitrogens with one attached hydrogen (secondary N) is 3. The third kappa shape index (κ3) is 16.3. The van der Waals surface area contributed by atoms with E-state index in [0.29, 0.717) is 22.5 Å². The maximum absolute atomic E-state index is 13.4. The van der Waals surface area contributed by atoms with Gasteiger partial charge in [0.05, 0.1) is 35.3 Å². The van der Waals surface area contributed by atoms with E-state index in [2.05, 4.69) is 67.2 Å². The molecule has 1 amide bonds. The molecule has 3 rings (SSSR count). The fourth-order valence-electron chi connectivity index (χ4n) is 4.17. The van der Waals surface area contributed by atoms with Gasteiger partial charge in [0.1, 0.15) is 19.2 Å². The molecule has 15 heteroatoms. The van der Waals surface area contributed by atoms with Crippen molar-refractivity contribution in [1.29, 1.82) is 5.41 Å². The van der Waals surface area contributed by atoms with Gasteiger partial charge in [0.15, 0.2) is 0 Å². The van der Waals surface area contributed by atoms with Crippen molar-refractivity contribution >= 4 is 49.1 Å². The quantitative estimate of drug-likeness (QED) is 0.0449. The Morgan fingerprint density at radius 2 is 1.76 bits per heavy atom. The number of nitrogens with zero attached hydrogens (tertiary/aromatic N) is 6. The van der Waals surface area contributed by atoms with Crippen LogP contribution in [0.4, 0.5) is 19.3 Å². The smallest absolute Gasteiger partial charge is 0.407 e. The lowest BCUT2D eigenvalue weighted by atomic mass is 10.0. The molecule has 3 aromatic rings. The van der Waals surface area contributed by atoms with E-state index in [1.165, 1.54) is 17.0 Å². The monoisotopic (exact) mass is 731 g/mol. The standard InChI is InChI=1S/C16H21ClF2N6O2.C15H19N3O.C5H12/c1-4-22-16(26)27-8-14(24(3)9-20)11-5-6-12(17)13(7-11)25(15(18)19)23-10-21-2;1-3-8-18-10-14(9-17-18)12-4-6-13(7-5-12)15(11-19)16-2;1-5(2,3)4/h5-7,9-10,14-15,20H,2,4,8H2,1,3H3,(H,22,26);4-7,9-11,15-16H,3,8H2,1-2H3;1-4H3/b20-9?,23-10-;;. The topological polar surface area (TPSA) is 140 Å². The molecule has 3 N–H and O–H groups in total. The number of likely N-dealkylation sites (N-methyl/N-ethyl adjacent to an activating group) is 2. The molecule has 280 valence electrons. The first-order valence-electron chi connectivity index (χ1n) is 16.4. The maximum atomic E-state index is 13.4. The number of hydrogen-bond acceptors (Lipinski definition) is 8. The highest BCUT2D eigenvalue weighted by Gasteiger charge is 2.23. The van der Waals surface area contributed by atoms with Crippen molar-refractivity contribution in [3.8, 4) is 11.1 Å². The number of aliphatic imine (C=N–C) groups is 1. The number of ether oxygens (including phenoxy) is 1. The highest BCUT2D eigenvalue weighted by atomic mass is 35.5. The molecule has 0 radical (unpaired) electrons. The number of aromatic nitrogens is 2. The largest absolute Gasteiger partial charge is 0.447 e. The second-order valence-electron chi connectivity index (χ2n) is 12.7. The van der Waals surface area contributed by atoms with Gasteiger partial charge < -0.3 is 25.1 Å². The van der Waals surface area contributed by atoms with Gasteiger partial charge in [-0.05, 0) is 61.3 Å². The average Bonchev–Trinajstić information content (AvgIpc) is 3.55. The summed E-state index contributed by atoms with van der Waals surface area (Å²) in [5.74, 6) is 0. The Hall–Kier alpha value is -4.69. The van der Waals surface area contributed by atoms with E-state index in [0.717, 1.165) is 48.6 Å². The maximum Gasteiger partial charge on any atom is 0.407 e. The van der Waals surface area contributed by atoms with Gasteiger partial charge in [-0.25, -0.2) is 9.80 Å². The van der Waals surface area contributed by atoms with E-state index >= 15 is 0 Å². The molecular weight excluding hydrogens is 680 g/mol. The summed E-state index contributed by atoms with van der Waals surface area (Å²) in [7, 11) is 3.37. The molecule has 0 spiro atoms. The molecule has 51 heavy (non-hydrogen) atoms. The van der Waals surface area contributed by atoms with E-state index in [-0.39, 0.29) is 23.4 Å². The fraction of sp³-hybridized carbons (Fsp3) is 0.444. The van der Waals surface area contributed by atoms with Crippen molar-refractivity contribution in [3.63, 3.8) is 0 Å². The van der Waals surface area contributed by atoms with E-state index in [1.54, 1.807) is 27.1 Å². The molecule has 2 unspecified atom stereocenters. The Kier molecular flexibility index (Phi) is 19.9. The fourth-order valence-corrected chi connectivity index (χ4v) is 4.38. The average molecular weight is 732 g/mol. The van der Waals surface area contributed by atoms with E-state index in [1.807, 2.05) is 41.3 Å². The zero-order valence-electron chi connectivity index (χ0n) is 30.7. The van der Waals surface area contributed by atoms with Gasteiger partial charge in [0.25, 0.3) is 0 Å². The first-order valence-corrected chi connectivity index (χ1v) is 16.7. The molecule has 0 saturated carbocycles. The normalized spacial score (nSPS) is 12.1. The summed E-state index contributed by atoms with van der Waals surface area (Å²) in [5.41, 5.74) is 4.13. The van der Waals surface area contributed by atoms with Gasteiger partial charge in [0.2, 0.25) is 0 Å². The van der Waals surface area contributed by atoms with Gasteiger partial charge in [-0.1, -0.05) is 76.6 Å². The number of alkyl carbamates (subject to hydrolysis) is 1. The molecule has 0 aliphatic carbocycles. The minimum atomic E-state index is -2.97. The molecule has 0 bridgehead atoms. The van der Waals surface area contributed by atoms with Gasteiger partial charge in [-0.2, -0.15) is 19.0 Å². The number of hydrogen-bond donors (Lipinski definition) is 3. The summed E-state index contributed by atoms with van der Waals surface area (Å²) in [6.07, 6.45) is 7.19. The zero-order valence-corrected chi connectivity index (χ0v) is 31.5. The molecule has 0 saturated heterocycles. The van der Waals surface area contributed by atoms with Crippen LogP contribution in [0.5, 0.6) is 0 Å². The third-order valence-electron chi connectivity index (χ3n) is 6.57. The first kappa shape index (κ1) is 44.3. The third-order valence-corrected chi connectivity index (χ3v) is 6.89. The van der Waals surface area contributed by atoms with E-state index in [4.69, 9.17) is 21.7 Å². The van der Waals surface area contributed by atoms with E-state index in [9.17, 15) is 18.4 Å². The predicted octanol–water partition coefficient (Wildman–Crippen LogP) is 7.81. The van der Waals surface area contributed by atoms with Crippen molar-refractivity contribution < 1.29 is 23.1 Å². The molecule has 1 heterocycles. The van der Waals surface area contributed by atoms with Gasteiger partial charge in [0, 0.05) is 31.9 Å². The Bertz CT molecular complexity index is 1520. The Morgan fingerprint density at radius 3 is 2.27 bits per heavy atom. The van der Waals surface area contributed by atoms with Crippen molar-refractivity contribution in [2.75, 3.05) is 32.3 Å². The molecule has 0 fully saturated rings. The van der Waals surface area contributed by atoms with Crippen LogP contribution in [0.25, 0.3) is 11.1 Å². The number of hydrazone groups is 1. The summed E-state index contributed by atoms with van der Waals surface area (Å²) >= 11 is 6.05. The molecule has 2 atom stereocenters. The number of aldehydes is 1. The van der Waals surface area contributed by atoms with Crippen LogP contribution >= 0.6 is 11.6 Å². The summed E-state index contributed by atoms with van der Waals surface area (Å²) in [6.45, 7) is 14.0. The summed E-state index contributed by atoms with van der Waals surface area (Å²) < 4.78 is 33.8. The zero-order chi connectivity index (χ0) is 38.6. The lowest BCUT2D eigenvalue weighted by Gasteiger charge is -2.27. The molecular formula is C36H52ClF2N9O3. The Morgan fingerprint density at radius 1 is 1.14 bits per heavy atom. The lowest BCUT2D eigenvalue weighted by molar-refractivity contribution is -0.109. The Labute approximate surface area is 305 Å². The van der Waals surface area contributed by atoms with Crippen LogP contribution in [0.2, 0.25) is 5.02 Å². The number of amides is 1. The van der Waals surface area contributed by atoms with E-state index < -0.39 is 18.7 Å². The van der Waals surface area contributed by atoms with Gasteiger partial charge in [-0.15, -0.1) is 0 Å². The summed E-state index contributed by atoms with van der Waals surface area (Å²) in [4.78, 5) is 27.2. The second-order valence-corrected chi connectivity index (χ2v) is 13.1. The van der Waals surface area contributed by atoms with Gasteiger partial charge >= 0.3 is 12.6 Å². The molecule has 0 aliphatic rings. The predicted molar refractivity (Wildman–Crippen MR) is 203 cm³/mol. The van der Waals surface area contributed by atoms with Crippen LogP contribution in [0.3, 0.4) is 0 Å². The van der Waals surface area contributed by atoms with Crippen LogP contribution in [-0.4, -0.2) is 80.3 Å². The Balaban J connectivity index is 0.000000468. The number of carbonyl (C=O) groups is 2. The highest BCUT2D eigenvalue weighted by Crippen LogP contribution is 2.33. The number of halogens is 3. The van der Waals surface area contributed by atoms with Crippen molar-refractivity contribution in [2.24, 2.45) is 15.5 Å². The number of anilines is 1. The minimum Gasteiger partial charge on any atom is -0.447 e. The van der Waals surface area contributed by atoms with Crippen LogP contribution in [0, 0.1) is 10.8 Å². The van der Waals surface area contributed by atoms with Gasteiger partial charge in [-0.3, -0.25) is 15.1 Å². The van der Waals surface area contributed by atoms with Crippen LogP contribution < -0.4 is 15.6 Å². The minimum absolute atomic E-state index is 0.0427. The van der Waals surface area contributed by atoms with Crippen molar-refractivity contribution in [1.82, 2.24) is 25.3 Å². The lowest BCUT2D eigenvalue weighted by Crippen LogP contribution is -2.31. The van der Waals surface area contributed by atoms with Crippen LogP contribution in [0.1, 0.15) is 71.2 Å². The van der Waals surface area contributed by atoms with Crippen LogP contribution in [0.15, 0.2) is 65.0 Å². The molecule has 1 aromatic heterocycles. The van der Waals surface area contributed by atoms with Crippen molar-refractivity contribution in [3.05, 3.63) is 71.0 Å². The number of alkyl halides is 2. The number of benzene rings is 2. The van der Waals surface area contributed by atoms with Crippen LogP contribution in [-0.2, 0) is 16.1 Å². The SMILES string of the molecule is C=N/C=N\N(c1cc(C(COC(=O)NCC)N(C)C=N)ccc1Cl)C(F)F.CC(C)(C)C.CCCn1cc(-c2ccc(C(C=O)NC)cc2)cn1. The number of rotatable bonds is 16.